The van der Waals surface area contributed by atoms with Crippen LogP contribution in [0.2, 0.25) is 0 Å². The van der Waals surface area contributed by atoms with Crippen molar-refractivity contribution >= 4 is 0 Å². The Hall–Kier alpha value is -0.820. The Morgan fingerprint density at radius 3 is 2.44 bits per heavy atom. The first-order chi connectivity index (χ1) is 7.72. The molecule has 0 aromatic heterocycles. The predicted octanol–water partition coefficient (Wildman–Crippen LogP) is 3.18. The summed E-state index contributed by atoms with van der Waals surface area (Å²) in [4.78, 5) is 0. The second kappa shape index (κ2) is 5.01. The van der Waals surface area contributed by atoms with E-state index in [0.29, 0.717) is 5.41 Å². The van der Waals surface area contributed by atoms with Gasteiger partial charge in [0.25, 0.3) is 0 Å². The minimum atomic E-state index is 0.464. The third-order valence-electron chi connectivity index (χ3n) is 3.75. The topological polar surface area (TPSA) is 12.0 Å². The van der Waals surface area contributed by atoms with Crippen LogP contribution in [0.4, 0.5) is 0 Å². The number of piperidine rings is 1. The molecule has 0 saturated carbocycles. The van der Waals surface area contributed by atoms with Gasteiger partial charge < -0.3 is 5.32 Å². The standard InChI is InChI=1S/C15H23N/c1-3-13-5-7-14(8-6-13)11-15(2)9-4-10-16-12-15/h5-8,16H,3-4,9-12H2,1-2H3. The minimum absolute atomic E-state index is 0.464. The molecule has 0 aliphatic carbocycles. The molecule has 1 heteroatoms. The second-order valence-electron chi connectivity index (χ2n) is 5.44. The third kappa shape index (κ3) is 2.85. The Balaban J connectivity index is 2.01. The van der Waals surface area contributed by atoms with E-state index in [1.54, 1.807) is 0 Å². The summed E-state index contributed by atoms with van der Waals surface area (Å²) in [7, 11) is 0. The molecule has 1 unspecified atom stereocenters. The van der Waals surface area contributed by atoms with E-state index < -0.39 is 0 Å². The summed E-state index contributed by atoms with van der Waals surface area (Å²) < 4.78 is 0. The summed E-state index contributed by atoms with van der Waals surface area (Å²) in [5.74, 6) is 0. The van der Waals surface area contributed by atoms with Gasteiger partial charge in [-0.15, -0.1) is 0 Å². The van der Waals surface area contributed by atoms with Crippen molar-refractivity contribution in [2.75, 3.05) is 13.1 Å². The van der Waals surface area contributed by atoms with Gasteiger partial charge in [-0.3, -0.25) is 0 Å². The molecular formula is C15H23N. The second-order valence-corrected chi connectivity index (χ2v) is 5.44. The molecular weight excluding hydrogens is 194 g/mol. The fourth-order valence-corrected chi connectivity index (χ4v) is 2.66. The molecule has 0 radical (unpaired) electrons. The maximum absolute atomic E-state index is 3.52. The van der Waals surface area contributed by atoms with Gasteiger partial charge in [0.1, 0.15) is 0 Å². The molecule has 1 aliphatic rings. The number of nitrogens with one attached hydrogen (secondary N) is 1. The molecule has 1 heterocycles. The largest absolute Gasteiger partial charge is 0.316 e. The minimum Gasteiger partial charge on any atom is -0.316 e. The van der Waals surface area contributed by atoms with E-state index in [2.05, 4.69) is 43.4 Å². The zero-order chi connectivity index (χ0) is 11.4. The van der Waals surface area contributed by atoms with Crippen LogP contribution in [0.5, 0.6) is 0 Å². The van der Waals surface area contributed by atoms with Crippen molar-refractivity contribution in [3.8, 4) is 0 Å². The Labute approximate surface area is 99.3 Å². The molecule has 0 spiro atoms. The summed E-state index contributed by atoms with van der Waals surface area (Å²) in [6, 6.07) is 9.15. The number of hydrogen-bond acceptors (Lipinski definition) is 1. The van der Waals surface area contributed by atoms with E-state index in [0.717, 1.165) is 6.42 Å². The smallest absolute Gasteiger partial charge is 0.000835 e. The van der Waals surface area contributed by atoms with Crippen LogP contribution in [0.1, 0.15) is 37.8 Å². The lowest BCUT2D eigenvalue weighted by atomic mass is 9.77. The highest BCUT2D eigenvalue weighted by Gasteiger charge is 2.26. The van der Waals surface area contributed by atoms with Crippen LogP contribution in [-0.2, 0) is 12.8 Å². The molecule has 88 valence electrons. The van der Waals surface area contributed by atoms with Crippen molar-refractivity contribution in [2.24, 2.45) is 5.41 Å². The first-order valence-electron chi connectivity index (χ1n) is 6.50. The van der Waals surface area contributed by atoms with E-state index in [9.17, 15) is 0 Å². The molecule has 1 saturated heterocycles. The highest BCUT2D eigenvalue weighted by molar-refractivity contribution is 5.23. The summed E-state index contributed by atoms with van der Waals surface area (Å²) in [5, 5.41) is 3.52. The van der Waals surface area contributed by atoms with Crippen LogP contribution in [0.25, 0.3) is 0 Å². The third-order valence-corrected chi connectivity index (χ3v) is 3.75. The molecule has 1 nitrogen and oxygen atoms in total. The van der Waals surface area contributed by atoms with E-state index in [1.807, 2.05) is 0 Å². The molecule has 0 bridgehead atoms. The molecule has 0 amide bonds. The SMILES string of the molecule is CCc1ccc(CC2(C)CCCNC2)cc1. The molecule has 1 aromatic rings. The fourth-order valence-electron chi connectivity index (χ4n) is 2.66. The monoisotopic (exact) mass is 217 g/mol. The van der Waals surface area contributed by atoms with Crippen molar-refractivity contribution in [2.45, 2.75) is 39.5 Å². The van der Waals surface area contributed by atoms with Crippen LogP contribution in [0, 0.1) is 5.41 Å². The molecule has 1 fully saturated rings. The first kappa shape index (κ1) is 11.7. The number of hydrogen-bond donors (Lipinski definition) is 1. The van der Waals surface area contributed by atoms with E-state index in [-0.39, 0.29) is 0 Å². The van der Waals surface area contributed by atoms with Crippen molar-refractivity contribution in [3.63, 3.8) is 0 Å². The van der Waals surface area contributed by atoms with Gasteiger partial charge in [0, 0.05) is 6.54 Å². The predicted molar refractivity (Wildman–Crippen MR) is 69.7 cm³/mol. The lowest BCUT2D eigenvalue weighted by molar-refractivity contribution is 0.235. The van der Waals surface area contributed by atoms with Crippen LogP contribution in [0.3, 0.4) is 0 Å². The fraction of sp³-hybridized carbons (Fsp3) is 0.600. The van der Waals surface area contributed by atoms with Crippen LogP contribution in [0.15, 0.2) is 24.3 Å². The molecule has 1 atom stereocenters. The van der Waals surface area contributed by atoms with Gasteiger partial charge in [0.15, 0.2) is 0 Å². The van der Waals surface area contributed by atoms with Crippen molar-refractivity contribution in [3.05, 3.63) is 35.4 Å². The maximum atomic E-state index is 3.52. The maximum Gasteiger partial charge on any atom is 0.000835 e. The highest BCUT2D eigenvalue weighted by Crippen LogP contribution is 2.29. The Morgan fingerprint density at radius 1 is 1.19 bits per heavy atom. The van der Waals surface area contributed by atoms with E-state index in [4.69, 9.17) is 0 Å². The lowest BCUT2D eigenvalue weighted by Crippen LogP contribution is -2.39. The molecule has 16 heavy (non-hydrogen) atoms. The summed E-state index contributed by atoms with van der Waals surface area (Å²) >= 11 is 0. The van der Waals surface area contributed by atoms with Gasteiger partial charge in [0.05, 0.1) is 0 Å². The highest BCUT2D eigenvalue weighted by atomic mass is 14.9. The van der Waals surface area contributed by atoms with E-state index in [1.165, 1.54) is 43.5 Å². The van der Waals surface area contributed by atoms with Gasteiger partial charge in [-0.05, 0) is 48.8 Å². The lowest BCUT2D eigenvalue weighted by Gasteiger charge is -2.34. The average Bonchev–Trinajstić information content (AvgIpc) is 2.30. The summed E-state index contributed by atoms with van der Waals surface area (Å²) in [6.45, 7) is 6.99. The van der Waals surface area contributed by atoms with Gasteiger partial charge >= 0.3 is 0 Å². The normalized spacial score (nSPS) is 25.6. The van der Waals surface area contributed by atoms with Crippen LogP contribution in [-0.4, -0.2) is 13.1 Å². The number of aryl methyl sites for hydroxylation is 1. The van der Waals surface area contributed by atoms with Crippen molar-refractivity contribution in [1.29, 1.82) is 0 Å². The molecule has 1 N–H and O–H groups in total. The summed E-state index contributed by atoms with van der Waals surface area (Å²) in [5.41, 5.74) is 3.39. The Kier molecular flexibility index (Phi) is 3.65. The van der Waals surface area contributed by atoms with Crippen LogP contribution >= 0.6 is 0 Å². The Morgan fingerprint density at radius 2 is 1.88 bits per heavy atom. The quantitative estimate of drug-likeness (QED) is 0.820. The molecule has 1 aliphatic heterocycles. The number of rotatable bonds is 3. The van der Waals surface area contributed by atoms with Gasteiger partial charge in [-0.1, -0.05) is 38.1 Å². The average molecular weight is 217 g/mol. The zero-order valence-electron chi connectivity index (χ0n) is 10.6. The zero-order valence-corrected chi connectivity index (χ0v) is 10.6. The van der Waals surface area contributed by atoms with Gasteiger partial charge in [-0.2, -0.15) is 0 Å². The van der Waals surface area contributed by atoms with Crippen molar-refractivity contribution < 1.29 is 0 Å². The van der Waals surface area contributed by atoms with E-state index >= 15 is 0 Å². The van der Waals surface area contributed by atoms with Crippen molar-refractivity contribution in [1.82, 2.24) is 5.32 Å². The van der Waals surface area contributed by atoms with Gasteiger partial charge in [-0.25, -0.2) is 0 Å². The first-order valence-corrected chi connectivity index (χ1v) is 6.50. The van der Waals surface area contributed by atoms with Crippen LogP contribution < -0.4 is 5.32 Å². The summed E-state index contributed by atoms with van der Waals surface area (Å²) in [6.07, 6.45) is 5.03. The Bertz CT molecular complexity index is 320. The van der Waals surface area contributed by atoms with Gasteiger partial charge in [0.2, 0.25) is 0 Å². The number of benzene rings is 1. The molecule has 2 rings (SSSR count). The molecule has 1 aromatic carbocycles.